The zero-order valence-corrected chi connectivity index (χ0v) is 17.1. The molecule has 0 amide bonds. The molecule has 0 atom stereocenters. The van der Waals surface area contributed by atoms with E-state index in [1.54, 1.807) is 0 Å². The number of rotatable bonds is 9. The molecule has 0 unspecified atom stereocenters. The monoisotopic (exact) mass is 380 g/mol. The van der Waals surface area contributed by atoms with Crippen LogP contribution in [0.4, 0.5) is 5.69 Å². The number of benzene rings is 2. The van der Waals surface area contributed by atoms with Gasteiger partial charge in [0.2, 0.25) is 0 Å². The second-order valence-electron chi connectivity index (χ2n) is 7.89. The van der Waals surface area contributed by atoms with E-state index < -0.39 is 0 Å². The predicted octanol–water partition coefficient (Wildman–Crippen LogP) is 4.51. The number of hydrogen-bond donors (Lipinski definition) is 0. The van der Waals surface area contributed by atoms with Gasteiger partial charge in [-0.1, -0.05) is 32.0 Å². The van der Waals surface area contributed by atoms with Gasteiger partial charge in [-0.05, 0) is 48.7 Å². The third-order valence-corrected chi connectivity index (χ3v) is 5.29. The van der Waals surface area contributed by atoms with Crippen molar-refractivity contribution < 1.29 is 9.53 Å². The van der Waals surface area contributed by atoms with E-state index in [4.69, 9.17) is 4.74 Å². The van der Waals surface area contributed by atoms with E-state index in [9.17, 15) is 4.79 Å². The summed E-state index contributed by atoms with van der Waals surface area (Å²) in [6, 6.07) is 18.1. The average Bonchev–Trinajstić information content (AvgIpc) is 2.73. The van der Waals surface area contributed by atoms with Gasteiger partial charge in [-0.2, -0.15) is 0 Å². The highest BCUT2D eigenvalue weighted by molar-refractivity contribution is 5.96. The molecule has 0 radical (unpaired) electrons. The summed E-state index contributed by atoms with van der Waals surface area (Å²) in [5.41, 5.74) is 2.06. The molecule has 28 heavy (non-hydrogen) atoms. The van der Waals surface area contributed by atoms with Crippen LogP contribution >= 0.6 is 0 Å². The molecule has 3 rings (SSSR count). The Balaban J connectivity index is 1.40. The van der Waals surface area contributed by atoms with Gasteiger partial charge in [0.15, 0.2) is 5.78 Å². The van der Waals surface area contributed by atoms with Gasteiger partial charge in [0.1, 0.15) is 5.75 Å². The van der Waals surface area contributed by atoms with Crippen LogP contribution < -0.4 is 9.64 Å². The number of ketones is 1. The Hall–Kier alpha value is -2.33. The standard InChI is InChI=1S/C24H32N2O2/c1-20(2)13-19-28-23-10-8-21(9-11-23)24(27)12-14-25-15-17-26(18-16-25)22-6-4-3-5-7-22/h3-11,20H,12-19H2,1-2H3. The van der Waals surface area contributed by atoms with Crippen molar-refractivity contribution in [1.29, 1.82) is 0 Å². The third kappa shape index (κ3) is 6.10. The Bertz CT molecular complexity index is 720. The summed E-state index contributed by atoms with van der Waals surface area (Å²) in [5.74, 6) is 1.68. The number of para-hydroxylation sites is 1. The number of piperazine rings is 1. The van der Waals surface area contributed by atoms with Crippen molar-refractivity contribution in [1.82, 2.24) is 4.90 Å². The SMILES string of the molecule is CC(C)CCOc1ccc(C(=O)CCN2CCN(c3ccccc3)CC2)cc1. The molecule has 1 heterocycles. The molecular weight excluding hydrogens is 348 g/mol. The second-order valence-corrected chi connectivity index (χ2v) is 7.89. The maximum atomic E-state index is 12.5. The maximum Gasteiger partial charge on any atom is 0.164 e. The van der Waals surface area contributed by atoms with Crippen LogP contribution in [0.15, 0.2) is 54.6 Å². The molecule has 0 N–H and O–H groups in total. The largest absolute Gasteiger partial charge is 0.494 e. The molecule has 1 aliphatic heterocycles. The van der Waals surface area contributed by atoms with Crippen LogP contribution in [0.5, 0.6) is 5.75 Å². The van der Waals surface area contributed by atoms with Gasteiger partial charge in [0, 0.05) is 50.4 Å². The average molecular weight is 381 g/mol. The fourth-order valence-corrected chi connectivity index (χ4v) is 3.42. The molecule has 4 heteroatoms. The zero-order valence-electron chi connectivity index (χ0n) is 17.1. The van der Waals surface area contributed by atoms with E-state index in [2.05, 4.69) is 54.0 Å². The lowest BCUT2D eigenvalue weighted by atomic mass is 10.1. The molecule has 0 aliphatic carbocycles. The van der Waals surface area contributed by atoms with Crippen LogP contribution in [-0.4, -0.2) is 50.0 Å². The van der Waals surface area contributed by atoms with Gasteiger partial charge in [0.05, 0.1) is 6.61 Å². The van der Waals surface area contributed by atoms with E-state index in [0.29, 0.717) is 12.3 Å². The van der Waals surface area contributed by atoms with E-state index in [-0.39, 0.29) is 5.78 Å². The van der Waals surface area contributed by atoms with Crippen LogP contribution in [0.25, 0.3) is 0 Å². The molecule has 1 aliphatic rings. The maximum absolute atomic E-state index is 12.5. The fourth-order valence-electron chi connectivity index (χ4n) is 3.42. The van der Waals surface area contributed by atoms with Crippen LogP contribution in [-0.2, 0) is 0 Å². The zero-order chi connectivity index (χ0) is 19.8. The molecule has 2 aromatic carbocycles. The van der Waals surface area contributed by atoms with Crippen molar-refractivity contribution in [2.24, 2.45) is 5.92 Å². The second kappa shape index (κ2) is 10.3. The molecule has 4 nitrogen and oxygen atoms in total. The summed E-state index contributed by atoms with van der Waals surface area (Å²) in [7, 11) is 0. The highest BCUT2D eigenvalue weighted by Crippen LogP contribution is 2.17. The minimum absolute atomic E-state index is 0.208. The normalized spacial score (nSPS) is 15.0. The lowest BCUT2D eigenvalue weighted by molar-refractivity contribution is 0.0962. The summed E-state index contributed by atoms with van der Waals surface area (Å²) in [5, 5.41) is 0. The summed E-state index contributed by atoms with van der Waals surface area (Å²) in [6.07, 6.45) is 1.61. The van der Waals surface area contributed by atoms with Crippen LogP contribution in [0.1, 0.15) is 37.0 Å². The number of Topliss-reactive ketones (excluding diaryl/α,β-unsaturated/α-hetero) is 1. The molecule has 1 saturated heterocycles. The fraction of sp³-hybridized carbons (Fsp3) is 0.458. The van der Waals surface area contributed by atoms with E-state index >= 15 is 0 Å². The molecule has 0 spiro atoms. The Morgan fingerprint density at radius 1 is 0.964 bits per heavy atom. The van der Waals surface area contributed by atoms with Gasteiger partial charge in [-0.25, -0.2) is 0 Å². The van der Waals surface area contributed by atoms with Crippen LogP contribution in [0.2, 0.25) is 0 Å². The Labute approximate surface area is 169 Å². The Kier molecular flexibility index (Phi) is 7.49. The predicted molar refractivity (Wildman–Crippen MR) is 115 cm³/mol. The molecule has 0 aromatic heterocycles. The van der Waals surface area contributed by atoms with Crippen molar-refractivity contribution in [2.45, 2.75) is 26.7 Å². The minimum Gasteiger partial charge on any atom is -0.494 e. The van der Waals surface area contributed by atoms with Gasteiger partial charge >= 0.3 is 0 Å². The summed E-state index contributed by atoms with van der Waals surface area (Å²) >= 11 is 0. The van der Waals surface area contributed by atoms with Crippen molar-refractivity contribution in [3.05, 3.63) is 60.2 Å². The number of hydrogen-bond acceptors (Lipinski definition) is 4. The molecule has 150 valence electrons. The minimum atomic E-state index is 0.208. The van der Waals surface area contributed by atoms with Crippen molar-refractivity contribution in [3.63, 3.8) is 0 Å². The smallest absolute Gasteiger partial charge is 0.164 e. The number of ether oxygens (including phenoxy) is 1. The number of carbonyl (C=O) groups excluding carboxylic acids is 1. The number of nitrogens with zero attached hydrogens (tertiary/aromatic N) is 2. The van der Waals surface area contributed by atoms with Gasteiger partial charge in [-0.3, -0.25) is 9.69 Å². The first-order valence-electron chi connectivity index (χ1n) is 10.4. The molecule has 0 bridgehead atoms. The number of carbonyl (C=O) groups is 1. The van der Waals surface area contributed by atoms with Gasteiger partial charge in [0.25, 0.3) is 0 Å². The topological polar surface area (TPSA) is 32.8 Å². The third-order valence-electron chi connectivity index (χ3n) is 5.29. The highest BCUT2D eigenvalue weighted by Gasteiger charge is 2.18. The van der Waals surface area contributed by atoms with Gasteiger partial charge in [-0.15, -0.1) is 0 Å². The first-order valence-corrected chi connectivity index (χ1v) is 10.4. The summed E-state index contributed by atoms with van der Waals surface area (Å²) in [4.78, 5) is 17.3. The van der Waals surface area contributed by atoms with Crippen molar-refractivity contribution >= 4 is 11.5 Å². The highest BCUT2D eigenvalue weighted by atomic mass is 16.5. The van der Waals surface area contributed by atoms with Crippen molar-refractivity contribution in [2.75, 3.05) is 44.2 Å². The molecular formula is C24H32N2O2. The molecule has 0 saturated carbocycles. The first-order chi connectivity index (χ1) is 13.6. The molecule has 1 fully saturated rings. The Morgan fingerprint density at radius 2 is 1.64 bits per heavy atom. The van der Waals surface area contributed by atoms with E-state index in [1.165, 1.54) is 5.69 Å². The van der Waals surface area contributed by atoms with Crippen LogP contribution in [0, 0.1) is 5.92 Å². The van der Waals surface area contributed by atoms with Gasteiger partial charge < -0.3 is 9.64 Å². The number of anilines is 1. The quantitative estimate of drug-likeness (QED) is 0.600. The Morgan fingerprint density at radius 3 is 2.29 bits per heavy atom. The summed E-state index contributed by atoms with van der Waals surface area (Å²) < 4.78 is 5.73. The lowest BCUT2D eigenvalue weighted by Gasteiger charge is -2.36. The van der Waals surface area contributed by atoms with E-state index in [0.717, 1.165) is 57.1 Å². The first kappa shape index (κ1) is 20.4. The summed E-state index contributed by atoms with van der Waals surface area (Å²) in [6.45, 7) is 9.96. The lowest BCUT2D eigenvalue weighted by Crippen LogP contribution is -2.46. The molecule has 2 aromatic rings. The van der Waals surface area contributed by atoms with Crippen molar-refractivity contribution in [3.8, 4) is 5.75 Å². The van der Waals surface area contributed by atoms with Crippen LogP contribution in [0.3, 0.4) is 0 Å². The van der Waals surface area contributed by atoms with E-state index in [1.807, 2.05) is 24.3 Å².